The van der Waals surface area contributed by atoms with Crippen molar-refractivity contribution in [2.24, 2.45) is 10.7 Å². The summed E-state index contributed by atoms with van der Waals surface area (Å²) in [5.41, 5.74) is 8.30. The molecule has 0 bridgehead atoms. The fourth-order valence-corrected chi connectivity index (χ4v) is 2.46. The highest BCUT2D eigenvalue weighted by Gasteiger charge is 2.23. The maximum Gasteiger partial charge on any atom is 0.182 e. The Hall–Kier alpha value is -1.29. The van der Waals surface area contributed by atoms with E-state index in [4.69, 9.17) is 11.1 Å². The van der Waals surface area contributed by atoms with E-state index in [1.165, 1.54) is 22.9 Å². The standard InChI is InChI=1S/C11H13N3S/c1-7-4-2-3-5-8(7)6-9-10(12)14-11(13)15-9/h2-5,9H,6H2,1H3,(H3,12,13,14)/t9-/m1/s1. The van der Waals surface area contributed by atoms with E-state index in [0.717, 1.165) is 6.42 Å². The summed E-state index contributed by atoms with van der Waals surface area (Å²) in [6.07, 6.45) is 0.856. The van der Waals surface area contributed by atoms with Crippen LogP contribution in [0.5, 0.6) is 0 Å². The number of amidine groups is 2. The summed E-state index contributed by atoms with van der Waals surface area (Å²) < 4.78 is 0. The van der Waals surface area contributed by atoms with Gasteiger partial charge in [-0.25, -0.2) is 4.99 Å². The lowest BCUT2D eigenvalue weighted by atomic mass is 10.0. The molecule has 2 rings (SSSR count). The lowest BCUT2D eigenvalue weighted by Crippen LogP contribution is -2.24. The van der Waals surface area contributed by atoms with Gasteiger partial charge >= 0.3 is 0 Å². The van der Waals surface area contributed by atoms with Gasteiger partial charge in [0.25, 0.3) is 0 Å². The van der Waals surface area contributed by atoms with Gasteiger partial charge in [-0.15, -0.1) is 0 Å². The van der Waals surface area contributed by atoms with E-state index >= 15 is 0 Å². The van der Waals surface area contributed by atoms with Gasteiger partial charge < -0.3 is 5.73 Å². The van der Waals surface area contributed by atoms with E-state index in [0.29, 0.717) is 11.0 Å². The molecule has 78 valence electrons. The van der Waals surface area contributed by atoms with Crippen LogP contribution in [0.3, 0.4) is 0 Å². The number of hydrogen-bond donors (Lipinski definition) is 2. The smallest absolute Gasteiger partial charge is 0.182 e. The van der Waals surface area contributed by atoms with Gasteiger partial charge in [0.2, 0.25) is 0 Å². The van der Waals surface area contributed by atoms with Gasteiger partial charge in [0, 0.05) is 0 Å². The highest BCUT2D eigenvalue weighted by atomic mass is 32.2. The van der Waals surface area contributed by atoms with Gasteiger partial charge in [-0.1, -0.05) is 36.0 Å². The van der Waals surface area contributed by atoms with Gasteiger partial charge in [0.05, 0.1) is 5.25 Å². The Balaban J connectivity index is 2.14. The van der Waals surface area contributed by atoms with Crippen molar-refractivity contribution < 1.29 is 0 Å². The molecule has 0 fully saturated rings. The molecule has 1 aromatic carbocycles. The molecule has 1 heterocycles. The maximum absolute atomic E-state index is 7.42. The van der Waals surface area contributed by atoms with Crippen molar-refractivity contribution in [3.8, 4) is 0 Å². The van der Waals surface area contributed by atoms with Gasteiger partial charge in [-0.3, -0.25) is 5.41 Å². The third-order valence-corrected chi connectivity index (χ3v) is 3.49. The van der Waals surface area contributed by atoms with Crippen molar-refractivity contribution in [2.45, 2.75) is 18.6 Å². The molecular weight excluding hydrogens is 206 g/mol. The maximum atomic E-state index is 7.42. The molecule has 0 spiro atoms. The number of nitrogens with one attached hydrogen (secondary N) is 1. The third kappa shape index (κ3) is 2.21. The topological polar surface area (TPSA) is 62.2 Å². The Kier molecular flexibility index (Phi) is 2.77. The second-order valence-corrected chi connectivity index (χ2v) is 4.77. The summed E-state index contributed by atoms with van der Waals surface area (Å²) in [4.78, 5) is 3.94. The fraction of sp³-hybridized carbons (Fsp3) is 0.273. The molecule has 4 heteroatoms. The predicted molar refractivity (Wildman–Crippen MR) is 65.6 cm³/mol. The van der Waals surface area contributed by atoms with Crippen molar-refractivity contribution >= 4 is 22.8 Å². The Morgan fingerprint density at radius 3 is 2.80 bits per heavy atom. The molecule has 1 aliphatic heterocycles. The molecular formula is C11H13N3S. The van der Waals surface area contributed by atoms with Crippen LogP contribution in [-0.2, 0) is 6.42 Å². The minimum absolute atomic E-state index is 0.138. The van der Waals surface area contributed by atoms with E-state index in [2.05, 4.69) is 24.0 Å². The zero-order valence-corrected chi connectivity index (χ0v) is 9.34. The second kappa shape index (κ2) is 4.06. The first kappa shape index (κ1) is 10.2. The first-order valence-electron chi connectivity index (χ1n) is 4.80. The quantitative estimate of drug-likeness (QED) is 0.798. The molecule has 3 nitrogen and oxygen atoms in total. The Morgan fingerprint density at radius 2 is 2.20 bits per heavy atom. The number of nitrogens with zero attached hydrogens (tertiary/aromatic N) is 1. The molecule has 1 aliphatic rings. The molecule has 1 aromatic rings. The highest BCUT2D eigenvalue weighted by Crippen LogP contribution is 2.24. The van der Waals surface area contributed by atoms with Crippen LogP contribution in [0.15, 0.2) is 29.3 Å². The van der Waals surface area contributed by atoms with Crippen LogP contribution < -0.4 is 5.73 Å². The Labute approximate surface area is 93.3 Å². The molecule has 15 heavy (non-hydrogen) atoms. The second-order valence-electron chi connectivity index (χ2n) is 3.58. The van der Waals surface area contributed by atoms with E-state index in [1.54, 1.807) is 0 Å². The van der Waals surface area contributed by atoms with Gasteiger partial charge in [-0.2, -0.15) is 0 Å². The summed E-state index contributed by atoms with van der Waals surface area (Å²) in [5, 5.41) is 7.89. The summed E-state index contributed by atoms with van der Waals surface area (Å²) in [6.45, 7) is 2.09. The molecule has 0 aromatic heterocycles. The highest BCUT2D eigenvalue weighted by molar-refractivity contribution is 8.15. The molecule has 3 N–H and O–H groups in total. The molecule has 0 radical (unpaired) electrons. The van der Waals surface area contributed by atoms with Crippen molar-refractivity contribution in [3.05, 3.63) is 35.4 Å². The number of benzene rings is 1. The van der Waals surface area contributed by atoms with Crippen LogP contribution in [0.4, 0.5) is 0 Å². The van der Waals surface area contributed by atoms with Crippen molar-refractivity contribution in [3.63, 3.8) is 0 Å². The van der Waals surface area contributed by atoms with Crippen molar-refractivity contribution in [2.75, 3.05) is 0 Å². The third-order valence-electron chi connectivity index (χ3n) is 2.48. The van der Waals surface area contributed by atoms with Crippen LogP contribution in [0.2, 0.25) is 0 Å². The lowest BCUT2D eigenvalue weighted by Gasteiger charge is -2.10. The van der Waals surface area contributed by atoms with Crippen molar-refractivity contribution in [1.82, 2.24) is 0 Å². The van der Waals surface area contributed by atoms with Crippen LogP contribution in [0, 0.1) is 12.3 Å². The van der Waals surface area contributed by atoms with E-state index in [1.807, 2.05) is 12.1 Å². The monoisotopic (exact) mass is 219 g/mol. The summed E-state index contributed by atoms with van der Waals surface area (Å²) in [5.74, 6) is 0.577. The number of thioether (sulfide) groups is 1. The van der Waals surface area contributed by atoms with E-state index < -0.39 is 0 Å². The minimum atomic E-state index is 0.138. The van der Waals surface area contributed by atoms with Crippen molar-refractivity contribution in [1.29, 1.82) is 5.41 Å². The van der Waals surface area contributed by atoms with E-state index in [-0.39, 0.29) is 5.25 Å². The fourth-order valence-electron chi connectivity index (χ4n) is 1.60. The summed E-state index contributed by atoms with van der Waals surface area (Å²) in [7, 11) is 0. The van der Waals surface area contributed by atoms with Gasteiger partial charge in [0.15, 0.2) is 5.17 Å². The SMILES string of the molecule is Cc1ccccc1C[C@H]1SC(=N)N=C1N. The number of aliphatic imine (C=N–C) groups is 1. The number of aryl methyl sites for hydroxylation is 1. The van der Waals surface area contributed by atoms with Crippen LogP contribution in [0.1, 0.15) is 11.1 Å². The minimum Gasteiger partial charge on any atom is -0.386 e. The Morgan fingerprint density at radius 1 is 1.47 bits per heavy atom. The predicted octanol–water partition coefficient (Wildman–Crippen LogP) is 1.94. The summed E-state index contributed by atoms with van der Waals surface area (Å²) in [6, 6.07) is 8.25. The molecule has 1 atom stereocenters. The van der Waals surface area contributed by atoms with Crippen LogP contribution >= 0.6 is 11.8 Å². The molecule has 0 amide bonds. The van der Waals surface area contributed by atoms with Crippen LogP contribution in [-0.4, -0.2) is 16.3 Å². The van der Waals surface area contributed by atoms with Gasteiger partial charge in [-0.05, 0) is 24.5 Å². The number of hydrogen-bond acceptors (Lipinski definition) is 3. The zero-order valence-electron chi connectivity index (χ0n) is 8.53. The molecule has 0 saturated heterocycles. The first-order chi connectivity index (χ1) is 7.16. The van der Waals surface area contributed by atoms with Crippen LogP contribution in [0.25, 0.3) is 0 Å². The Bertz CT molecular complexity index is 426. The zero-order chi connectivity index (χ0) is 10.8. The number of nitrogens with two attached hydrogens (primary N) is 1. The molecule has 0 aliphatic carbocycles. The largest absolute Gasteiger partial charge is 0.386 e. The average Bonchev–Trinajstić information content (AvgIpc) is 2.49. The molecule has 0 unspecified atom stereocenters. The normalized spacial score (nSPS) is 20.5. The summed E-state index contributed by atoms with van der Waals surface area (Å²) >= 11 is 1.43. The lowest BCUT2D eigenvalue weighted by molar-refractivity contribution is 1.04. The first-order valence-corrected chi connectivity index (χ1v) is 5.68. The average molecular weight is 219 g/mol. The number of rotatable bonds is 2. The van der Waals surface area contributed by atoms with Gasteiger partial charge in [0.1, 0.15) is 5.84 Å². The molecule has 0 saturated carbocycles. The van der Waals surface area contributed by atoms with E-state index in [9.17, 15) is 0 Å².